The predicted octanol–water partition coefficient (Wildman–Crippen LogP) is 2.91. The summed E-state index contributed by atoms with van der Waals surface area (Å²) in [7, 11) is 0. The molecule has 2 aromatic carbocycles. The highest BCUT2D eigenvalue weighted by molar-refractivity contribution is 5.84. The van der Waals surface area contributed by atoms with E-state index in [1.807, 2.05) is 59.2 Å². The zero-order valence-corrected chi connectivity index (χ0v) is 15.5. The molecule has 0 saturated carbocycles. The SMILES string of the molecule is Cc1cc(=O)n2c3ccccc3n(CC(O)CNc3ccccc3)c2c1C#N. The molecule has 2 heterocycles. The van der Waals surface area contributed by atoms with Crippen LogP contribution < -0.4 is 10.9 Å². The Hall–Kier alpha value is -3.56. The lowest BCUT2D eigenvalue weighted by atomic mass is 10.1. The normalized spacial score (nSPS) is 12.2. The Bertz CT molecular complexity index is 1250. The van der Waals surface area contributed by atoms with Gasteiger partial charge in [-0.2, -0.15) is 5.26 Å². The van der Waals surface area contributed by atoms with Gasteiger partial charge >= 0.3 is 0 Å². The van der Waals surface area contributed by atoms with E-state index < -0.39 is 6.10 Å². The van der Waals surface area contributed by atoms with E-state index in [-0.39, 0.29) is 12.1 Å². The summed E-state index contributed by atoms with van der Waals surface area (Å²) in [6.45, 7) is 2.37. The number of nitrogens with one attached hydrogen (secondary N) is 1. The molecule has 2 N–H and O–H groups in total. The van der Waals surface area contributed by atoms with Crippen LogP contribution in [0.2, 0.25) is 0 Å². The first kappa shape index (κ1) is 17.8. The van der Waals surface area contributed by atoms with Gasteiger partial charge in [-0.3, -0.25) is 9.20 Å². The van der Waals surface area contributed by atoms with Crippen LogP contribution in [-0.4, -0.2) is 26.7 Å². The van der Waals surface area contributed by atoms with Gasteiger partial charge in [-0.25, -0.2) is 0 Å². The van der Waals surface area contributed by atoms with E-state index in [4.69, 9.17) is 0 Å². The number of benzene rings is 2. The Labute approximate surface area is 161 Å². The Kier molecular flexibility index (Phi) is 4.60. The number of hydrogen-bond donors (Lipinski definition) is 2. The number of aliphatic hydroxyl groups is 1. The van der Waals surface area contributed by atoms with Gasteiger partial charge in [0.1, 0.15) is 11.7 Å². The molecule has 4 rings (SSSR count). The fraction of sp³-hybridized carbons (Fsp3) is 0.182. The largest absolute Gasteiger partial charge is 0.389 e. The number of anilines is 1. The Morgan fingerprint density at radius 1 is 1.11 bits per heavy atom. The van der Waals surface area contributed by atoms with Crippen LogP contribution in [0, 0.1) is 18.3 Å². The highest BCUT2D eigenvalue weighted by Gasteiger charge is 2.19. The van der Waals surface area contributed by atoms with Gasteiger partial charge < -0.3 is 15.0 Å². The lowest BCUT2D eigenvalue weighted by Gasteiger charge is -2.15. The molecule has 0 amide bonds. The quantitative estimate of drug-likeness (QED) is 0.564. The maximum atomic E-state index is 12.7. The molecule has 0 aliphatic rings. The summed E-state index contributed by atoms with van der Waals surface area (Å²) in [5, 5.41) is 23.5. The molecule has 0 radical (unpaired) electrons. The number of nitrogens with zero attached hydrogens (tertiary/aromatic N) is 3. The minimum Gasteiger partial charge on any atom is -0.389 e. The highest BCUT2D eigenvalue weighted by atomic mass is 16.3. The molecule has 2 aromatic heterocycles. The molecule has 28 heavy (non-hydrogen) atoms. The zero-order valence-electron chi connectivity index (χ0n) is 15.5. The van der Waals surface area contributed by atoms with E-state index in [2.05, 4.69) is 11.4 Å². The van der Waals surface area contributed by atoms with Crippen molar-refractivity contribution in [1.29, 1.82) is 5.26 Å². The van der Waals surface area contributed by atoms with E-state index >= 15 is 0 Å². The molecule has 0 bridgehead atoms. The minimum absolute atomic E-state index is 0.182. The van der Waals surface area contributed by atoms with Crippen molar-refractivity contribution in [1.82, 2.24) is 8.97 Å². The first-order valence-corrected chi connectivity index (χ1v) is 9.11. The second-order valence-electron chi connectivity index (χ2n) is 6.81. The molecule has 0 spiro atoms. The third-order valence-corrected chi connectivity index (χ3v) is 4.88. The number of para-hydroxylation sites is 3. The molecule has 140 valence electrons. The number of aromatic nitrogens is 2. The number of nitriles is 1. The summed E-state index contributed by atoms with van der Waals surface area (Å²) in [4.78, 5) is 12.7. The van der Waals surface area contributed by atoms with Crippen molar-refractivity contribution in [2.45, 2.75) is 19.6 Å². The fourth-order valence-corrected chi connectivity index (χ4v) is 3.59. The number of pyridine rings is 1. The molecule has 0 aliphatic carbocycles. The number of fused-ring (bicyclic) bond motifs is 3. The lowest BCUT2D eigenvalue weighted by molar-refractivity contribution is 0.169. The van der Waals surface area contributed by atoms with E-state index in [1.165, 1.54) is 6.07 Å². The molecule has 0 fully saturated rings. The van der Waals surface area contributed by atoms with Crippen LogP contribution in [0.25, 0.3) is 16.7 Å². The van der Waals surface area contributed by atoms with Gasteiger partial charge in [-0.1, -0.05) is 30.3 Å². The summed E-state index contributed by atoms with van der Waals surface area (Å²) >= 11 is 0. The summed E-state index contributed by atoms with van der Waals surface area (Å²) in [5.41, 5.74) is 3.87. The molecular weight excluding hydrogens is 352 g/mol. The molecule has 6 nitrogen and oxygen atoms in total. The van der Waals surface area contributed by atoms with E-state index in [9.17, 15) is 15.2 Å². The van der Waals surface area contributed by atoms with Crippen molar-refractivity contribution in [3.05, 3.63) is 82.1 Å². The first-order chi connectivity index (χ1) is 13.6. The monoisotopic (exact) mass is 372 g/mol. The van der Waals surface area contributed by atoms with E-state index in [1.54, 1.807) is 11.3 Å². The molecule has 4 aromatic rings. The standard InChI is InChI=1S/C22H20N4O2/c1-15-11-21(28)26-20-10-6-5-9-19(20)25(22(26)18(15)12-23)14-17(27)13-24-16-7-3-2-4-8-16/h2-11,17,24,27H,13-14H2,1H3. The Balaban J connectivity index is 1.79. The number of rotatable bonds is 5. The summed E-state index contributed by atoms with van der Waals surface area (Å²) in [6.07, 6.45) is -0.707. The van der Waals surface area contributed by atoms with Crippen LogP contribution in [0.15, 0.2) is 65.5 Å². The van der Waals surface area contributed by atoms with E-state index in [0.717, 1.165) is 16.7 Å². The molecular formula is C22H20N4O2. The zero-order chi connectivity index (χ0) is 19.7. The number of aryl methyl sites for hydroxylation is 1. The van der Waals surface area contributed by atoms with Gasteiger partial charge in [0.05, 0.1) is 29.2 Å². The van der Waals surface area contributed by atoms with Crippen molar-refractivity contribution in [2.75, 3.05) is 11.9 Å². The van der Waals surface area contributed by atoms with Crippen LogP contribution >= 0.6 is 0 Å². The van der Waals surface area contributed by atoms with Gasteiger partial charge in [0.15, 0.2) is 0 Å². The van der Waals surface area contributed by atoms with Crippen molar-refractivity contribution in [2.24, 2.45) is 0 Å². The van der Waals surface area contributed by atoms with Crippen LogP contribution in [0.5, 0.6) is 0 Å². The number of imidazole rings is 1. The second-order valence-corrected chi connectivity index (χ2v) is 6.81. The van der Waals surface area contributed by atoms with Crippen LogP contribution in [0.4, 0.5) is 5.69 Å². The molecule has 1 atom stereocenters. The van der Waals surface area contributed by atoms with Gasteiger partial charge in [0, 0.05) is 18.3 Å². The summed E-state index contributed by atoms with van der Waals surface area (Å²) < 4.78 is 3.41. The molecule has 0 saturated heterocycles. The average molecular weight is 372 g/mol. The Morgan fingerprint density at radius 2 is 1.79 bits per heavy atom. The van der Waals surface area contributed by atoms with Gasteiger partial charge in [0.2, 0.25) is 0 Å². The van der Waals surface area contributed by atoms with Crippen molar-refractivity contribution in [3.8, 4) is 6.07 Å². The maximum Gasteiger partial charge on any atom is 0.257 e. The summed E-state index contributed by atoms with van der Waals surface area (Å²) in [6, 6.07) is 20.9. The molecule has 0 aliphatic heterocycles. The van der Waals surface area contributed by atoms with Gasteiger partial charge in [0.25, 0.3) is 5.56 Å². The van der Waals surface area contributed by atoms with Crippen molar-refractivity contribution in [3.63, 3.8) is 0 Å². The average Bonchev–Trinajstić information content (AvgIpc) is 3.02. The summed E-state index contributed by atoms with van der Waals surface area (Å²) in [5.74, 6) is 0. The van der Waals surface area contributed by atoms with Gasteiger partial charge in [-0.15, -0.1) is 0 Å². The van der Waals surface area contributed by atoms with E-state index in [0.29, 0.717) is 23.3 Å². The van der Waals surface area contributed by atoms with Crippen LogP contribution in [-0.2, 0) is 6.54 Å². The van der Waals surface area contributed by atoms with Crippen LogP contribution in [0.3, 0.4) is 0 Å². The van der Waals surface area contributed by atoms with Crippen LogP contribution in [0.1, 0.15) is 11.1 Å². The Morgan fingerprint density at radius 3 is 2.50 bits per heavy atom. The lowest BCUT2D eigenvalue weighted by Crippen LogP contribution is -2.25. The third-order valence-electron chi connectivity index (χ3n) is 4.88. The first-order valence-electron chi connectivity index (χ1n) is 9.11. The van der Waals surface area contributed by atoms with Gasteiger partial charge in [-0.05, 0) is 36.8 Å². The topological polar surface area (TPSA) is 82.5 Å². The minimum atomic E-state index is -0.707. The highest BCUT2D eigenvalue weighted by Crippen LogP contribution is 2.24. The number of hydrogen-bond acceptors (Lipinski definition) is 4. The number of aliphatic hydroxyl groups excluding tert-OH is 1. The fourth-order valence-electron chi connectivity index (χ4n) is 3.59. The maximum absolute atomic E-state index is 12.7. The molecule has 6 heteroatoms. The van der Waals surface area contributed by atoms with Crippen molar-refractivity contribution < 1.29 is 5.11 Å². The third kappa shape index (κ3) is 3.02. The smallest absolute Gasteiger partial charge is 0.257 e. The van der Waals surface area contributed by atoms with Crippen molar-refractivity contribution >= 4 is 22.4 Å². The molecule has 1 unspecified atom stereocenters. The second kappa shape index (κ2) is 7.22. The predicted molar refractivity (Wildman–Crippen MR) is 110 cm³/mol.